The van der Waals surface area contributed by atoms with E-state index in [-0.39, 0.29) is 12.0 Å². The minimum Gasteiger partial charge on any atom is -0.372 e. The number of ether oxygens (including phenoxy) is 1. The van der Waals surface area contributed by atoms with Crippen LogP contribution in [0.1, 0.15) is 17.4 Å². The molecule has 1 aromatic carbocycles. The van der Waals surface area contributed by atoms with Crippen molar-refractivity contribution >= 4 is 11.6 Å². The molecule has 1 unspecified atom stereocenters. The maximum Gasteiger partial charge on any atom is 0.411 e. The van der Waals surface area contributed by atoms with Crippen molar-refractivity contribution in [1.82, 2.24) is 5.32 Å². The molecule has 1 aromatic rings. The predicted molar refractivity (Wildman–Crippen MR) is 69.4 cm³/mol. The minimum absolute atomic E-state index is 0.0881. The Kier molecular flexibility index (Phi) is 7.20. The van der Waals surface area contributed by atoms with Gasteiger partial charge in [-0.15, -0.1) is 11.6 Å². The lowest BCUT2D eigenvalue weighted by Crippen LogP contribution is -2.22. The van der Waals surface area contributed by atoms with E-state index in [1.807, 2.05) is 30.3 Å². The van der Waals surface area contributed by atoms with E-state index < -0.39 is 12.8 Å². The van der Waals surface area contributed by atoms with Crippen LogP contribution in [-0.2, 0) is 4.74 Å². The molecule has 0 amide bonds. The Morgan fingerprint density at radius 3 is 2.53 bits per heavy atom. The first kappa shape index (κ1) is 16.3. The first-order valence-corrected chi connectivity index (χ1v) is 6.47. The zero-order valence-corrected chi connectivity index (χ0v) is 11.2. The molecule has 1 atom stereocenters. The SMILES string of the molecule is FC(F)(F)COCCCNCC(Cl)c1ccccc1. The van der Waals surface area contributed by atoms with Gasteiger partial charge in [-0.2, -0.15) is 13.2 Å². The number of benzene rings is 1. The van der Waals surface area contributed by atoms with Crippen LogP contribution in [0.15, 0.2) is 30.3 Å². The first-order valence-electron chi connectivity index (χ1n) is 6.03. The van der Waals surface area contributed by atoms with Gasteiger partial charge in [0.15, 0.2) is 0 Å². The molecule has 0 aliphatic rings. The van der Waals surface area contributed by atoms with Crippen LogP contribution < -0.4 is 5.32 Å². The molecule has 0 saturated carbocycles. The molecule has 19 heavy (non-hydrogen) atoms. The van der Waals surface area contributed by atoms with E-state index in [4.69, 9.17) is 11.6 Å². The quantitative estimate of drug-likeness (QED) is 0.585. The predicted octanol–water partition coefficient (Wildman–Crippen LogP) is 3.53. The Hall–Kier alpha value is -0.780. The van der Waals surface area contributed by atoms with E-state index in [0.29, 0.717) is 19.5 Å². The fourth-order valence-corrected chi connectivity index (χ4v) is 1.75. The highest BCUT2D eigenvalue weighted by molar-refractivity contribution is 6.21. The second kappa shape index (κ2) is 8.40. The van der Waals surface area contributed by atoms with Gasteiger partial charge in [-0.3, -0.25) is 0 Å². The Morgan fingerprint density at radius 1 is 1.21 bits per heavy atom. The highest BCUT2D eigenvalue weighted by Gasteiger charge is 2.27. The van der Waals surface area contributed by atoms with Crippen molar-refractivity contribution < 1.29 is 17.9 Å². The molecular formula is C13H17ClF3NO. The highest BCUT2D eigenvalue weighted by atomic mass is 35.5. The van der Waals surface area contributed by atoms with E-state index in [1.54, 1.807) is 0 Å². The summed E-state index contributed by atoms with van der Waals surface area (Å²) in [5, 5.41) is 2.95. The molecule has 0 heterocycles. The number of halogens is 4. The lowest BCUT2D eigenvalue weighted by atomic mass is 10.1. The standard InChI is InChI=1S/C13H17ClF3NO/c14-12(11-5-2-1-3-6-11)9-18-7-4-8-19-10-13(15,16)17/h1-3,5-6,12,18H,4,7-10H2. The summed E-state index contributed by atoms with van der Waals surface area (Å²) in [7, 11) is 0. The van der Waals surface area contributed by atoms with E-state index >= 15 is 0 Å². The maximum absolute atomic E-state index is 11.8. The topological polar surface area (TPSA) is 21.3 Å². The molecule has 108 valence electrons. The summed E-state index contributed by atoms with van der Waals surface area (Å²) < 4.78 is 39.8. The molecule has 0 radical (unpaired) electrons. The average molecular weight is 296 g/mol. The van der Waals surface area contributed by atoms with Crippen LogP contribution in [0.4, 0.5) is 13.2 Å². The van der Waals surface area contributed by atoms with Crippen molar-refractivity contribution in [1.29, 1.82) is 0 Å². The lowest BCUT2D eigenvalue weighted by molar-refractivity contribution is -0.173. The maximum atomic E-state index is 11.8. The lowest BCUT2D eigenvalue weighted by Gasteiger charge is -2.11. The molecule has 0 spiro atoms. The molecule has 0 aliphatic carbocycles. The third-order valence-corrected chi connectivity index (χ3v) is 2.80. The molecular weight excluding hydrogens is 279 g/mol. The van der Waals surface area contributed by atoms with Crippen LogP contribution in [0, 0.1) is 0 Å². The number of hydrogen-bond acceptors (Lipinski definition) is 2. The fraction of sp³-hybridized carbons (Fsp3) is 0.538. The second-order valence-electron chi connectivity index (χ2n) is 4.10. The van der Waals surface area contributed by atoms with Gasteiger partial charge in [0.05, 0.1) is 5.38 Å². The van der Waals surface area contributed by atoms with Crippen LogP contribution in [0.25, 0.3) is 0 Å². The minimum atomic E-state index is -4.25. The van der Waals surface area contributed by atoms with E-state index in [2.05, 4.69) is 10.1 Å². The molecule has 0 aromatic heterocycles. The molecule has 0 bridgehead atoms. The fourth-order valence-electron chi connectivity index (χ4n) is 1.50. The zero-order chi connectivity index (χ0) is 14.1. The van der Waals surface area contributed by atoms with Crippen molar-refractivity contribution in [2.45, 2.75) is 18.0 Å². The second-order valence-corrected chi connectivity index (χ2v) is 4.63. The largest absolute Gasteiger partial charge is 0.411 e. The average Bonchev–Trinajstić information content (AvgIpc) is 2.37. The Morgan fingerprint density at radius 2 is 1.89 bits per heavy atom. The van der Waals surface area contributed by atoms with E-state index in [1.165, 1.54) is 0 Å². The van der Waals surface area contributed by atoms with Gasteiger partial charge in [0.25, 0.3) is 0 Å². The third-order valence-electron chi connectivity index (χ3n) is 2.39. The van der Waals surface area contributed by atoms with Gasteiger partial charge in [0.2, 0.25) is 0 Å². The van der Waals surface area contributed by atoms with E-state index in [0.717, 1.165) is 5.56 Å². The van der Waals surface area contributed by atoms with Crippen LogP contribution in [-0.4, -0.2) is 32.5 Å². The normalized spacial score (nSPS) is 13.5. The summed E-state index contributed by atoms with van der Waals surface area (Å²) in [6.07, 6.45) is -3.73. The van der Waals surface area contributed by atoms with Gasteiger partial charge < -0.3 is 10.1 Å². The van der Waals surface area contributed by atoms with Gasteiger partial charge in [0.1, 0.15) is 6.61 Å². The highest BCUT2D eigenvalue weighted by Crippen LogP contribution is 2.18. The molecule has 1 N–H and O–H groups in total. The smallest absolute Gasteiger partial charge is 0.372 e. The van der Waals surface area contributed by atoms with Gasteiger partial charge in [0, 0.05) is 13.2 Å². The third kappa shape index (κ3) is 8.08. The Labute approximate surface area is 115 Å². The van der Waals surface area contributed by atoms with E-state index in [9.17, 15) is 13.2 Å². The Balaban J connectivity index is 2.02. The zero-order valence-electron chi connectivity index (χ0n) is 10.4. The van der Waals surface area contributed by atoms with Crippen molar-refractivity contribution in [2.24, 2.45) is 0 Å². The summed E-state index contributed by atoms with van der Waals surface area (Å²) in [5.74, 6) is 0. The summed E-state index contributed by atoms with van der Waals surface area (Å²) in [6, 6.07) is 9.61. The van der Waals surface area contributed by atoms with Gasteiger partial charge >= 0.3 is 6.18 Å². The summed E-state index contributed by atoms with van der Waals surface area (Å²) in [5.41, 5.74) is 1.02. The molecule has 1 rings (SSSR count). The summed E-state index contributed by atoms with van der Waals surface area (Å²) in [4.78, 5) is 0. The van der Waals surface area contributed by atoms with Gasteiger partial charge in [-0.1, -0.05) is 30.3 Å². The monoisotopic (exact) mass is 295 g/mol. The summed E-state index contributed by atoms with van der Waals surface area (Å²) in [6.45, 7) is 0.0543. The van der Waals surface area contributed by atoms with Gasteiger partial charge in [-0.05, 0) is 18.5 Å². The number of hydrogen-bond donors (Lipinski definition) is 1. The summed E-state index contributed by atoms with van der Waals surface area (Å²) >= 11 is 6.16. The number of alkyl halides is 4. The Bertz CT molecular complexity index is 345. The molecule has 2 nitrogen and oxygen atoms in total. The van der Waals surface area contributed by atoms with Crippen molar-refractivity contribution in [3.05, 3.63) is 35.9 Å². The molecule has 0 saturated heterocycles. The molecule has 0 aliphatic heterocycles. The number of nitrogens with one attached hydrogen (secondary N) is 1. The van der Waals surface area contributed by atoms with Gasteiger partial charge in [-0.25, -0.2) is 0 Å². The van der Waals surface area contributed by atoms with Crippen LogP contribution >= 0.6 is 11.6 Å². The van der Waals surface area contributed by atoms with Crippen LogP contribution in [0.2, 0.25) is 0 Å². The molecule has 0 fully saturated rings. The van der Waals surface area contributed by atoms with Crippen LogP contribution in [0.3, 0.4) is 0 Å². The first-order chi connectivity index (χ1) is 8.99. The number of rotatable bonds is 8. The molecule has 6 heteroatoms. The van der Waals surface area contributed by atoms with Crippen molar-refractivity contribution in [2.75, 3.05) is 26.3 Å². The van der Waals surface area contributed by atoms with Crippen molar-refractivity contribution in [3.63, 3.8) is 0 Å². The van der Waals surface area contributed by atoms with Crippen LogP contribution in [0.5, 0.6) is 0 Å². The van der Waals surface area contributed by atoms with Crippen molar-refractivity contribution in [3.8, 4) is 0 Å².